The molecule has 0 bridgehead atoms. The van der Waals surface area contributed by atoms with Crippen molar-refractivity contribution in [2.75, 3.05) is 19.6 Å². The van der Waals surface area contributed by atoms with Crippen LogP contribution in [0.1, 0.15) is 49.7 Å². The van der Waals surface area contributed by atoms with Crippen LogP contribution in [-0.4, -0.2) is 42.6 Å². The minimum absolute atomic E-state index is 0.0196. The maximum Gasteiger partial charge on any atom is 0.249 e. The van der Waals surface area contributed by atoms with Gasteiger partial charge in [0.25, 0.3) is 0 Å². The summed E-state index contributed by atoms with van der Waals surface area (Å²) >= 11 is 0. The first-order valence-electron chi connectivity index (χ1n) is 9.68. The third-order valence-electron chi connectivity index (χ3n) is 5.23. The Morgan fingerprint density at radius 3 is 2.64 bits per heavy atom. The summed E-state index contributed by atoms with van der Waals surface area (Å²) in [6, 6.07) is 8.56. The molecule has 25 heavy (non-hydrogen) atoms. The van der Waals surface area contributed by atoms with Crippen LogP contribution in [0, 0.1) is 0 Å². The van der Waals surface area contributed by atoms with Crippen molar-refractivity contribution in [3.05, 3.63) is 35.4 Å². The molecule has 2 heterocycles. The molecule has 2 fully saturated rings. The molecule has 0 unspecified atom stereocenters. The smallest absolute Gasteiger partial charge is 0.249 e. The van der Waals surface area contributed by atoms with Gasteiger partial charge in [0.05, 0.1) is 6.10 Å². The Morgan fingerprint density at radius 1 is 1.16 bits per heavy atom. The Labute approximate surface area is 150 Å². The predicted molar refractivity (Wildman–Crippen MR) is 99.0 cm³/mol. The van der Waals surface area contributed by atoms with E-state index in [1.165, 1.54) is 44.3 Å². The van der Waals surface area contributed by atoms with Gasteiger partial charge in [0.15, 0.2) is 0 Å². The molecule has 2 aliphatic heterocycles. The average Bonchev–Trinajstić information content (AvgIpc) is 2.98. The van der Waals surface area contributed by atoms with Gasteiger partial charge in [-0.05, 0) is 49.9 Å². The van der Waals surface area contributed by atoms with Gasteiger partial charge in [-0.15, -0.1) is 0 Å². The molecule has 2 aliphatic rings. The Hall–Kier alpha value is -1.43. The normalized spacial score (nSPS) is 24.8. The molecule has 1 aromatic rings. The molecule has 0 saturated carbocycles. The van der Waals surface area contributed by atoms with Crippen molar-refractivity contribution in [2.24, 2.45) is 5.73 Å². The van der Waals surface area contributed by atoms with Gasteiger partial charge < -0.3 is 15.8 Å². The third-order valence-corrected chi connectivity index (χ3v) is 5.23. The Morgan fingerprint density at radius 2 is 1.92 bits per heavy atom. The fourth-order valence-corrected chi connectivity index (χ4v) is 3.77. The second kappa shape index (κ2) is 9.32. The van der Waals surface area contributed by atoms with Crippen molar-refractivity contribution in [3.63, 3.8) is 0 Å². The van der Waals surface area contributed by atoms with Crippen LogP contribution < -0.4 is 11.1 Å². The molecule has 2 atom stereocenters. The number of likely N-dealkylation sites (tertiary alicyclic amines) is 1. The monoisotopic (exact) mass is 345 g/mol. The zero-order chi connectivity index (χ0) is 17.5. The molecular formula is C20H31N3O2. The maximum absolute atomic E-state index is 12.2. The van der Waals surface area contributed by atoms with Crippen molar-refractivity contribution in [3.8, 4) is 0 Å². The van der Waals surface area contributed by atoms with Crippen molar-refractivity contribution < 1.29 is 9.53 Å². The van der Waals surface area contributed by atoms with Gasteiger partial charge in [-0.2, -0.15) is 0 Å². The first kappa shape index (κ1) is 18.4. The number of nitrogens with two attached hydrogens (primary N) is 1. The quantitative estimate of drug-likeness (QED) is 0.829. The van der Waals surface area contributed by atoms with Gasteiger partial charge in [-0.1, -0.05) is 37.1 Å². The summed E-state index contributed by atoms with van der Waals surface area (Å²) in [5.74, 6) is -0.0196. The lowest BCUT2D eigenvalue weighted by Gasteiger charge is -2.20. The number of hydrogen-bond acceptors (Lipinski definition) is 4. The standard InChI is InChI=1S/C20H31N3O2/c21-13-18-8-9-19(25-18)20(24)22-14-16-6-5-7-17(12-16)15-23-10-3-1-2-4-11-23/h5-7,12,18-19H,1-4,8-11,13-15,21H2,(H,22,24)/t18-,19+/m1/s1. The molecule has 5 heteroatoms. The lowest BCUT2D eigenvalue weighted by molar-refractivity contribution is -0.132. The van der Waals surface area contributed by atoms with Crippen LogP contribution in [0.15, 0.2) is 24.3 Å². The van der Waals surface area contributed by atoms with Crippen LogP contribution in [-0.2, 0) is 22.6 Å². The van der Waals surface area contributed by atoms with Crippen molar-refractivity contribution in [1.29, 1.82) is 0 Å². The van der Waals surface area contributed by atoms with Crippen LogP contribution in [0.3, 0.4) is 0 Å². The molecule has 3 rings (SSSR count). The summed E-state index contributed by atoms with van der Waals surface area (Å²) in [7, 11) is 0. The van der Waals surface area contributed by atoms with Crippen molar-refractivity contribution in [2.45, 2.75) is 63.8 Å². The van der Waals surface area contributed by atoms with Gasteiger partial charge in [0.2, 0.25) is 5.91 Å². The van der Waals surface area contributed by atoms with Gasteiger partial charge in [0, 0.05) is 19.6 Å². The number of amides is 1. The highest BCUT2D eigenvalue weighted by Crippen LogP contribution is 2.19. The number of ether oxygens (including phenoxy) is 1. The number of rotatable bonds is 6. The largest absolute Gasteiger partial charge is 0.364 e. The summed E-state index contributed by atoms with van der Waals surface area (Å²) in [6.45, 7) is 4.44. The molecule has 2 saturated heterocycles. The van der Waals surface area contributed by atoms with Crippen LogP contribution in [0.5, 0.6) is 0 Å². The van der Waals surface area contributed by atoms with E-state index in [-0.39, 0.29) is 18.1 Å². The summed E-state index contributed by atoms with van der Waals surface area (Å²) in [5.41, 5.74) is 8.08. The van der Waals surface area contributed by atoms with Gasteiger partial charge in [-0.25, -0.2) is 0 Å². The number of benzene rings is 1. The highest BCUT2D eigenvalue weighted by molar-refractivity contribution is 5.81. The highest BCUT2D eigenvalue weighted by Gasteiger charge is 2.29. The molecule has 0 aromatic heterocycles. The third kappa shape index (κ3) is 5.53. The lowest BCUT2D eigenvalue weighted by atomic mass is 10.1. The van der Waals surface area contributed by atoms with Crippen molar-refractivity contribution >= 4 is 5.91 Å². The van der Waals surface area contributed by atoms with Crippen LogP contribution in [0.4, 0.5) is 0 Å². The first-order valence-corrected chi connectivity index (χ1v) is 9.68. The Kier molecular flexibility index (Phi) is 6.84. The number of carbonyl (C=O) groups is 1. The van der Waals surface area contributed by atoms with Gasteiger partial charge in [-0.3, -0.25) is 9.69 Å². The van der Waals surface area contributed by atoms with Crippen LogP contribution >= 0.6 is 0 Å². The molecule has 0 spiro atoms. The summed E-state index contributed by atoms with van der Waals surface area (Å²) in [5, 5.41) is 3.01. The zero-order valence-electron chi connectivity index (χ0n) is 15.1. The molecule has 5 nitrogen and oxygen atoms in total. The number of nitrogens with one attached hydrogen (secondary N) is 1. The second-order valence-corrected chi connectivity index (χ2v) is 7.29. The minimum Gasteiger partial charge on any atom is -0.364 e. The fourth-order valence-electron chi connectivity index (χ4n) is 3.77. The Balaban J connectivity index is 1.48. The molecule has 3 N–H and O–H groups in total. The fraction of sp³-hybridized carbons (Fsp3) is 0.650. The molecule has 138 valence electrons. The van der Waals surface area contributed by atoms with E-state index < -0.39 is 0 Å². The number of nitrogens with zero attached hydrogens (tertiary/aromatic N) is 1. The summed E-state index contributed by atoms with van der Waals surface area (Å²) in [6.07, 6.45) is 6.67. The average molecular weight is 345 g/mol. The van der Waals surface area contributed by atoms with E-state index in [1.54, 1.807) is 0 Å². The first-order chi connectivity index (χ1) is 12.2. The SMILES string of the molecule is NC[C@H]1CC[C@@H](C(=O)NCc2cccc(CN3CCCCCC3)c2)O1. The number of hydrogen-bond donors (Lipinski definition) is 2. The van der Waals surface area contributed by atoms with Crippen molar-refractivity contribution in [1.82, 2.24) is 10.2 Å². The number of carbonyl (C=O) groups excluding carboxylic acids is 1. The van der Waals surface area contributed by atoms with E-state index in [0.29, 0.717) is 13.1 Å². The van der Waals surface area contributed by atoms with E-state index in [0.717, 1.165) is 24.9 Å². The van der Waals surface area contributed by atoms with E-state index in [2.05, 4.69) is 34.5 Å². The topological polar surface area (TPSA) is 67.6 Å². The Bertz CT molecular complexity index is 556. The highest BCUT2D eigenvalue weighted by atomic mass is 16.5. The molecule has 0 aliphatic carbocycles. The van der Waals surface area contributed by atoms with Crippen LogP contribution in [0.25, 0.3) is 0 Å². The maximum atomic E-state index is 12.2. The molecular weight excluding hydrogens is 314 g/mol. The minimum atomic E-state index is -0.339. The second-order valence-electron chi connectivity index (χ2n) is 7.29. The summed E-state index contributed by atoms with van der Waals surface area (Å²) in [4.78, 5) is 14.8. The summed E-state index contributed by atoms with van der Waals surface area (Å²) < 4.78 is 5.65. The molecule has 0 radical (unpaired) electrons. The predicted octanol–water partition coefficient (Wildman–Crippen LogP) is 2.19. The van der Waals surface area contributed by atoms with E-state index in [9.17, 15) is 4.79 Å². The van der Waals surface area contributed by atoms with E-state index in [1.807, 2.05) is 0 Å². The van der Waals surface area contributed by atoms with Gasteiger partial charge >= 0.3 is 0 Å². The molecule has 1 amide bonds. The van der Waals surface area contributed by atoms with E-state index >= 15 is 0 Å². The lowest BCUT2D eigenvalue weighted by Crippen LogP contribution is -2.35. The van der Waals surface area contributed by atoms with E-state index in [4.69, 9.17) is 10.5 Å². The zero-order valence-corrected chi connectivity index (χ0v) is 15.1. The molecule has 1 aromatic carbocycles. The van der Waals surface area contributed by atoms with Crippen LogP contribution in [0.2, 0.25) is 0 Å². The van der Waals surface area contributed by atoms with Gasteiger partial charge in [0.1, 0.15) is 6.10 Å².